The highest BCUT2D eigenvalue weighted by molar-refractivity contribution is 5.95. The SMILES string of the molecule is O=C(N/N=C/c1cccc(Oc2ccccc2)c1)c1cccc(Cn2cccn2)c1. The molecule has 1 amide bonds. The van der Waals surface area contributed by atoms with Crippen molar-refractivity contribution in [1.29, 1.82) is 0 Å². The van der Waals surface area contributed by atoms with Gasteiger partial charge >= 0.3 is 0 Å². The fourth-order valence-electron chi connectivity index (χ4n) is 2.90. The number of carbonyl (C=O) groups excluding carboxylic acids is 1. The van der Waals surface area contributed by atoms with Crippen molar-refractivity contribution in [2.45, 2.75) is 6.54 Å². The summed E-state index contributed by atoms with van der Waals surface area (Å²) in [5.41, 5.74) is 4.91. The van der Waals surface area contributed by atoms with Crippen LogP contribution in [0.1, 0.15) is 21.5 Å². The summed E-state index contributed by atoms with van der Waals surface area (Å²) in [5, 5.41) is 8.26. The van der Waals surface area contributed by atoms with Gasteiger partial charge in [0.15, 0.2) is 0 Å². The predicted octanol–water partition coefficient (Wildman–Crippen LogP) is 4.49. The van der Waals surface area contributed by atoms with Gasteiger partial charge in [0.1, 0.15) is 11.5 Å². The topological polar surface area (TPSA) is 68.5 Å². The number of carbonyl (C=O) groups is 1. The molecular formula is C24H20N4O2. The number of nitrogens with zero attached hydrogens (tertiary/aromatic N) is 3. The van der Waals surface area contributed by atoms with Crippen molar-refractivity contribution in [1.82, 2.24) is 15.2 Å². The van der Waals surface area contributed by atoms with E-state index in [1.807, 2.05) is 85.1 Å². The Balaban J connectivity index is 1.37. The number of aromatic nitrogens is 2. The molecule has 3 aromatic carbocycles. The van der Waals surface area contributed by atoms with Crippen molar-refractivity contribution >= 4 is 12.1 Å². The Morgan fingerprint density at radius 1 is 0.967 bits per heavy atom. The van der Waals surface area contributed by atoms with Crippen LogP contribution in [0.4, 0.5) is 0 Å². The molecule has 0 radical (unpaired) electrons. The molecular weight excluding hydrogens is 376 g/mol. The number of benzene rings is 3. The van der Waals surface area contributed by atoms with Crippen LogP contribution in [0.3, 0.4) is 0 Å². The van der Waals surface area contributed by atoms with Crippen LogP contribution in [0.15, 0.2) is 102 Å². The van der Waals surface area contributed by atoms with Crippen LogP contribution in [0.2, 0.25) is 0 Å². The number of nitrogens with one attached hydrogen (secondary N) is 1. The third kappa shape index (κ3) is 5.20. The fraction of sp³-hybridized carbons (Fsp3) is 0.0417. The quantitative estimate of drug-likeness (QED) is 0.370. The second-order valence-electron chi connectivity index (χ2n) is 6.59. The molecule has 1 aromatic heterocycles. The highest BCUT2D eigenvalue weighted by Crippen LogP contribution is 2.21. The van der Waals surface area contributed by atoms with Gasteiger partial charge in [0.05, 0.1) is 12.8 Å². The highest BCUT2D eigenvalue weighted by atomic mass is 16.5. The fourth-order valence-corrected chi connectivity index (χ4v) is 2.90. The van der Waals surface area contributed by atoms with Gasteiger partial charge in [-0.15, -0.1) is 0 Å². The van der Waals surface area contributed by atoms with Crippen LogP contribution in [-0.2, 0) is 6.54 Å². The molecule has 0 bridgehead atoms. The van der Waals surface area contributed by atoms with E-state index in [9.17, 15) is 4.79 Å². The van der Waals surface area contributed by atoms with E-state index in [1.54, 1.807) is 23.2 Å². The summed E-state index contributed by atoms with van der Waals surface area (Å²) in [6, 6.07) is 26.3. The lowest BCUT2D eigenvalue weighted by Gasteiger charge is -2.06. The summed E-state index contributed by atoms with van der Waals surface area (Å²) >= 11 is 0. The van der Waals surface area contributed by atoms with Crippen molar-refractivity contribution in [3.05, 3.63) is 114 Å². The number of hydrogen-bond acceptors (Lipinski definition) is 4. The van der Waals surface area contributed by atoms with Crippen molar-refractivity contribution in [2.24, 2.45) is 5.10 Å². The van der Waals surface area contributed by atoms with E-state index in [0.717, 1.165) is 16.9 Å². The normalized spacial score (nSPS) is 10.8. The van der Waals surface area contributed by atoms with Gasteiger partial charge in [-0.05, 0) is 53.6 Å². The second kappa shape index (κ2) is 9.34. The van der Waals surface area contributed by atoms with Gasteiger partial charge in [-0.25, -0.2) is 5.43 Å². The molecule has 4 rings (SSSR count). The number of amides is 1. The van der Waals surface area contributed by atoms with Crippen LogP contribution in [0.25, 0.3) is 0 Å². The Kier molecular flexibility index (Phi) is 5.96. The molecule has 6 nitrogen and oxygen atoms in total. The van der Waals surface area contributed by atoms with Crippen LogP contribution in [-0.4, -0.2) is 21.9 Å². The van der Waals surface area contributed by atoms with E-state index in [2.05, 4.69) is 15.6 Å². The van der Waals surface area contributed by atoms with E-state index in [4.69, 9.17) is 4.74 Å². The standard InChI is InChI=1S/C24H20N4O2/c29-24(21-9-4-8-20(15-21)18-28-14-6-13-26-28)27-25-17-19-7-5-12-23(16-19)30-22-10-2-1-3-11-22/h1-17H,18H2,(H,27,29)/b25-17+. The average molecular weight is 396 g/mol. The first kappa shape index (κ1) is 19.1. The lowest BCUT2D eigenvalue weighted by molar-refractivity contribution is 0.0955. The van der Waals surface area contributed by atoms with Gasteiger partial charge < -0.3 is 4.74 Å². The third-order valence-electron chi connectivity index (χ3n) is 4.31. The van der Waals surface area contributed by atoms with Crippen molar-refractivity contribution in [2.75, 3.05) is 0 Å². The van der Waals surface area contributed by atoms with Crippen LogP contribution in [0, 0.1) is 0 Å². The Morgan fingerprint density at radius 2 is 1.80 bits per heavy atom. The lowest BCUT2D eigenvalue weighted by atomic mass is 10.1. The molecule has 0 spiro atoms. The molecule has 0 atom stereocenters. The molecule has 148 valence electrons. The maximum Gasteiger partial charge on any atom is 0.271 e. The minimum Gasteiger partial charge on any atom is -0.457 e. The molecule has 4 aromatic rings. The summed E-state index contributed by atoms with van der Waals surface area (Å²) in [6.45, 7) is 0.603. The molecule has 1 N–H and O–H groups in total. The van der Waals surface area contributed by atoms with Gasteiger partial charge in [-0.3, -0.25) is 9.48 Å². The van der Waals surface area contributed by atoms with Gasteiger partial charge in [0.2, 0.25) is 0 Å². The molecule has 0 fully saturated rings. The molecule has 0 saturated heterocycles. The second-order valence-corrected chi connectivity index (χ2v) is 6.59. The summed E-state index contributed by atoms with van der Waals surface area (Å²) in [5.74, 6) is 1.18. The predicted molar refractivity (Wildman–Crippen MR) is 116 cm³/mol. The van der Waals surface area contributed by atoms with E-state index < -0.39 is 0 Å². The summed E-state index contributed by atoms with van der Waals surface area (Å²) < 4.78 is 7.62. The van der Waals surface area contributed by atoms with Gasteiger partial charge in [-0.1, -0.05) is 42.5 Å². The Hall–Kier alpha value is -4.19. The van der Waals surface area contributed by atoms with E-state index >= 15 is 0 Å². The van der Waals surface area contributed by atoms with Gasteiger partial charge in [-0.2, -0.15) is 10.2 Å². The number of para-hydroxylation sites is 1. The minimum absolute atomic E-state index is 0.273. The minimum atomic E-state index is -0.273. The first-order valence-corrected chi connectivity index (χ1v) is 9.49. The zero-order valence-corrected chi connectivity index (χ0v) is 16.2. The number of rotatable bonds is 7. The molecule has 1 heterocycles. The molecule has 0 unspecified atom stereocenters. The van der Waals surface area contributed by atoms with Crippen LogP contribution < -0.4 is 10.2 Å². The average Bonchev–Trinajstić information content (AvgIpc) is 3.28. The van der Waals surface area contributed by atoms with Crippen LogP contribution >= 0.6 is 0 Å². The van der Waals surface area contributed by atoms with Gasteiger partial charge in [0.25, 0.3) is 5.91 Å². The van der Waals surface area contributed by atoms with Crippen molar-refractivity contribution < 1.29 is 9.53 Å². The summed E-state index contributed by atoms with van der Waals surface area (Å²) in [4.78, 5) is 12.4. The zero-order valence-electron chi connectivity index (χ0n) is 16.2. The maximum absolute atomic E-state index is 12.4. The first-order chi connectivity index (χ1) is 14.8. The molecule has 0 aliphatic heterocycles. The van der Waals surface area contributed by atoms with E-state index in [1.165, 1.54) is 0 Å². The number of ether oxygens (including phenoxy) is 1. The molecule has 0 aliphatic carbocycles. The Labute approximate surface area is 174 Å². The van der Waals surface area contributed by atoms with Crippen molar-refractivity contribution in [3.8, 4) is 11.5 Å². The smallest absolute Gasteiger partial charge is 0.271 e. The monoisotopic (exact) mass is 396 g/mol. The number of hydrogen-bond donors (Lipinski definition) is 1. The summed E-state index contributed by atoms with van der Waals surface area (Å²) in [7, 11) is 0. The Morgan fingerprint density at radius 3 is 2.63 bits per heavy atom. The highest BCUT2D eigenvalue weighted by Gasteiger charge is 2.06. The molecule has 30 heavy (non-hydrogen) atoms. The molecule has 0 saturated carbocycles. The maximum atomic E-state index is 12.4. The third-order valence-corrected chi connectivity index (χ3v) is 4.31. The lowest BCUT2D eigenvalue weighted by Crippen LogP contribution is -2.18. The molecule has 0 aliphatic rings. The first-order valence-electron chi connectivity index (χ1n) is 9.49. The molecule has 6 heteroatoms. The van der Waals surface area contributed by atoms with Crippen LogP contribution in [0.5, 0.6) is 11.5 Å². The van der Waals surface area contributed by atoms with Crippen molar-refractivity contribution in [3.63, 3.8) is 0 Å². The Bertz CT molecular complexity index is 1140. The van der Waals surface area contributed by atoms with E-state index in [0.29, 0.717) is 17.9 Å². The van der Waals surface area contributed by atoms with E-state index in [-0.39, 0.29) is 5.91 Å². The zero-order chi connectivity index (χ0) is 20.6. The summed E-state index contributed by atoms with van der Waals surface area (Å²) in [6.07, 6.45) is 5.20. The van der Waals surface area contributed by atoms with Gasteiger partial charge in [0, 0.05) is 18.0 Å². The largest absolute Gasteiger partial charge is 0.457 e. The number of hydrazone groups is 1.